The predicted octanol–water partition coefficient (Wildman–Crippen LogP) is 1.22. The van der Waals surface area contributed by atoms with E-state index in [1.165, 1.54) is 6.42 Å². The summed E-state index contributed by atoms with van der Waals surface area (Å²) in [6, 6.07) is 0. The van der Waals surface area contributed by atoms with Gasteiger partial charge in [0.15, 0.2) is 0 Å². The lowest BCUT2D eigenvalue weighted by Gasteiger charge is -2.41. The summed E-state index contributed by atoms with van der Waals surface area (Å²) >= 11 is 0. The van der Waals surface area contributed by atoms with Crippen molar-refractivity contribution in [3.63, 3.8) is 0 Å². The molecule has 0 spiro atoms. The highest BCUT2D eigenvalue weighted by atomic mass is 16.2. The molecule has 2 N–H and O–H groups in total. The number of piperidine rings is 1. The van der Waals surface area contributed by atoms with E-state index in [4.69, 9.17) is 5.73 Å². The summed E-state index contributed by atoms with van der Waals surface area (Å²) in [6.07, 6.45) is 6.86. The molecule has 5 nitrogen and oxygen atoms in total. The highest BCUT2D eigenvalue weighted by Crippen LogP contribution is 2.38. The van der Waals surface area contributed by atoms with Crippen LogP contribution in [0.1, 0.15) is 44.9 Å². The van der Waals surface area contributed by atoms with Gasteiger partial charge in [0.2, 0.25) is 11.8 Å². The zero-order valence-electron chi connectivity index (χ0n) is 13.4. The number of likely N-dealkylation sites (tertiary alicyclic amines) is 1. The molecule has 1 aliphatic carbocycles. The van der Waals surface area contributed by atoms with Crippen LogP contribution in [0.15, 0.2) is 0 Å². The zero-order valence-corrected chi connectivity index (χ0v) is 13.4. The van der Waals surface area contributed by atoms with E-state index in [1.54, 1.807) is 19.0 Å². The van der Waals surface area contributed by atoms with Crippen LogP contribution < -0.4 is 5.73 Å². The van der Waals surface area contributed by atoms with Crippen molar-refractivity contribution in [2.45, 2.75) is 44.9 Å². The second-order valence-corrected chi connectivity index (χ2v) is 6.84. The van der Waals surface area contributed by atoms with Gasteiger partial charge in [0.25, 0.3) is 0 Å². The molecule has 2 rings (SSSR count). The fourth-order valence-corrected chi connectivity index (χ4v) is 3.76. The molecule has 1 saturated carbocycles. The Balaban J connectivity index is 1.95. The Labute approximate surface area is 127 Å². The third-order valence-electron chi connectivity index (χ3n) is 5.23. The Kier molecular flexibility index (Phi) is 5.25. The van der Waals surface area contributed by atoms with Crippen LogP contribution in [0.2, 0.25) is 0 Å². The van der Waals surface area contributed by atoms with Gasteiger partial charge in [0.05, 0.1) is 5.41 Å². The van der Waals surface area contributed by atoms with E-state index >= 15 is 0 Å². The highest BCUT2D eigenvalue weighted by molar-refractivity contribution is 5.84. The van der Waals surface area contributed by atoms with E-state index in [0.717, 1.165) is 38.5 Å². The standard InChI is InChI=1S/C16H29N3O2/c1-18(2)14(20)13-6-10-19(11-7-13)15(21)16(12-17)8-4-3-5-9-16/h13H,3-12,17H2,1-2H3. The molecule has 0 aromatic heterocycles. The molecule has 0 radical (unpaired) electrons. The Morgan fingerprint density at radius 1 is 1.14 bits per heavy atom. The fraction of sp³-hybridized carbons (Fsp3) is 0.875. The molecule has 0 bridgehead atoms. The number of hydrogen-bond acceptors (Lipinski definition) is 3. The summed E-state index contributed by atoms with van der Waals surface area (Å²) in [5, 5.41) is 0. The summed E-state index contributed by atoms with van der Waals surface area (Å²) in [7, 11) is 3.59. The van der Waals surface area contributed by atoms with Crippen LogP contribution in [0.25, 0.3) is 0 Å². The van der Waals surface area contributed by atoms with E-state index < -0.39 is 0 Å². The van der Waals surface area contributed by atoms with E-state index in [0.29, 0.717) is 19.6 Å². The summed E-state index contributed by atoms with van der Waals surface area (Å²) in [6.45, 7) is 1.86. The summed E-state index contributed by atoms with van der Waals surface area (Å²) in [5.74, 6) is 0.498. The summed E-state index contributed by atoms with van der Waals surface area (Å²) in [5.41, 5.74) is 5.63. The monoisotopic (exact) mass is 295 g/mol. The van der Waals surface area contributed by atoms with Gasteiger partial charge in [-0.2, -0.15) is 0 Å². The van der Waals surface area contributed by atoms with Gasteiger partial charge in [-0.25, -0.2) is 0 Å². The molecule has 1 aliphatic heterocycles. The Morgan fingerprint density at radius 2 is 1.71 bits per heavy atom. The number of carbonyl (C=O) groups excluding carboxylic acids is 2. The molecule has 1 heterocycles. The van der Waals surface area contributed by atoms with E-state index in [9.17, 15) is 9.59 Å². The largest absolute Gasteiger partial charge is 0.349 e. The maximum atomic E-state index is 12.9. The van der Waals surface area contributed by atoms with Gasteiger partial charge < -0.3 is 15.5 Å². The molecular weight excluding hydrogens is 266 g/mol. The number of carbonyl (C=O) groups is 2. The van der Waals surface area contributed by atoms with Crippen molar-refractivity contribution in [3.8, 4) is 0 Å². The number of hydrogen-bond donors (Lipinski definition) is 1. The van der Waals surface area contributed by atoms with Gasteiger partial charge in [0.1, 0.15) is 0 Å². The van der Waals surface area contributed by atoms with Crippen molar-refractivity contribution in [2.24, 2.45) is 17.1 Å². The van der Waals surface area contributed by atoms with Crippen LogP contribution in [0, 0.1) is 11.3 Å². The van der Waals surface area contributed by atoms with Crippen molar-refractivity contribution in [1.82, 2.24) is 9.80 Å². The molecule has 5 heteroatoms. The molecule has 2 amide bonds. The van der Waals surface area contributed by atoms with Crippen LogP contribution in [-0.2, 0) is 9.59 Å². The van der Waals surface area contributed by atoms with Crippen LogP contribution in [0.5, 0.6) is 0 Å². The first-order valence-electron chi connectivity index (χ1n) is 8.21. The second-order valence-electron chi connectivity index (χ2n) is 6.84. The third-order valence-corrected chi connectivity index (χ3v) is 5.23. The lowest BCUT2D eigenvalue weighted by Crippen LogP contribution is -2.52. The third kappa shape index (κ3) is 3.39. The minimum atomic E-state index is -0.323. The molecule has 2 fully saturated rings. The quantitative estimate of drug-likeness (QED) is 0.851. The van der Waals surface area contributed by atoms with Gasteiger partial charge in [-0.1, -0.05) is 19.3 Å². The lowest BCUT2D eigenvalue weighted by atomic mass is 9.72. The first kappa shape index (κ1) is 16.3. The van der Waals surface area contributed by atoms with Crippen molar-refractivity contribution in [2.75, 3.05) is 33.7 Å². The smallest absolute Gasteiger partial charge is 0.230 e. The maximum Gasteiger partial charge on any atom is 0.230 e. The van der Waals surface area contributed by atoms with Crippen molar-refractivity contribution in [1.29, 1.82) is 0 Å². The molecule has 21 heavy (non-hydrogen) atoms. The zero-order chi connectivity index (χ0) is 15.5. The summed E-state index contributed by atoms with van der Waals surface area (Å²) < 4.78 is 0. The van der Waals surface area contributed by atoms with Gasteiger partial charge in [-0.3, -0.25) is 9.59 Å². The lowest BCUT2D eigenvalue weighted by molar-refractivity contribution is -0.147. The molecule has 2 aliphatic rings. The van der Waals surface area contributed by atoms with Crippen LogP contribution >= 0.6 is 0 Å². The average Bonchev–Trinajstić information content (AvgIpc) is 2.54. The van der Waals surface area contributed by atoms with Crippen LogP contribution in [0.4, 0.5) is 0 Å². The van der Waals surface area contributed by atoms with Crippen molar-refractivity contribution >= 4 is 11.8 Å². The molecule has 0 aromatic carbocycles. The normalized spacial score (nSPS) is 22.9. The van der Waals surface area contributed by atoms with Gasteiger partial charge in [-0.05, 0) is 25.7 Å². The number of nitrogens with zero attached hydrogens (tertiary/aromatic N) is 2. The molecule has 0 atom stereocenters. The van der Waals surface area contributed by atoms with E-state index in [1.807, 2.05) is 4.90 Å². The predicted molar refractivity (Wildman–Crippen MR) is 82.6 cm³/mol. The number of rotatable bonds is 3. The van der Waals surface area contributed by atoms with E-state index in [-0.39, 0.29) is 23.1 Å². The van der Waals surface area contributed by atoms with E-state index in [2.05, 4.69) is 0 Å². The molecule has 0 aromatic rings. The van der Waals surface area contributed by atoms with Gasteiger partial charge in [-0.15, -0.1) is 0 Å². The number of nitrogens with two attached hydrogens (primary N) is 1. The topological polar surface area (TPSA) is 66.6 Å². The molecular formula is C16H29N3O2. The fourth-order valence-electron chi connectivity index (χ4n) is 3.76. The van der Waals surface area contributed by atoms with Crippen LogP contribution in [-0.4, -0.2) is 55.3 Å². The average molecular weight is 295 g/mol. The Hall–Kier alpha value is -1.10. The van der Waals surface area contributed by atoms with Crippen LogP contribution in [0.3, 0.4) is 0 Å². The minimum absolute atomic E-state index is 0.0734. The molecule has 120 valence electrons. The molecule has 0 unspecified atom stereocenters. The highest BCUT2D eigenvalue weighted by Gasteiger charge is 2.42. The number of amides is 2. The van der Waals surface area contributed by atoms with Gasteiger partial charge >= 0.3 is 0 Å². The Morgan fingerprint density at radius 3 is 2.19 bits per heavy atom. The first-order valence-corrected chi connectivity index (χ1v) is 8.21. The molecule has 1 saturated heterocycles. The van der Waals surface area contributed by atoms with Crippen molar-refractivity contribution < 1.29 is 9.59 Å². The first-order chi connectivity index (χ1) is 10.00. The maximum absolute atomic E-state index is 12.9. The Bertz CT molecular complexity index is 381. The summed E-state index contributed by atoms with van der Waals surface area (Å²) in [4.78, 5) is 28.5. The van der Waals surface area contributed by atoms with Crippen molar-refractivity contribution in [3.05, 3.63) is 0 Å². The second kappa shape index (κ2) is 6.77. The minimum Gasteiger partial charge on any atom is -0.349 e. The van der Waals surface area contributed by atoms with Gasteiger partial charge in [0, 0.05) is 39.6 Å². The SMILES string of the molecule is CN(C)C(=O)C1CCN(C(=O)C2(CN)CCCCC2)CC1.